The van der Waals surface area contributed by atoms with Gasteiger partial charge in [-0.05, 0) is 18.2 Å². The van der Waals surface area contributed by atoms with Crippen molar-refractivity contribution in [2.75, 3.05) is 0 Å². The Morgan fingerprint density at radius 1 is 1.20 bits per heavy atom. The molecular formula is C10H6F2N2S. The molecule has 0 aliphatic heterocycles. The third-order valence-electron chi connectivity index (χ3n) is 1.87. The third kappa shape index (κ3) is 2.07. The number of halogens is 2. The molecule has 15 heavy (non-hydrogen) atoms. The minimum absolute atomic E-state index is 0.120. The van der Waals surface area contributed by atoms with E-state index in [9.17, 15) is 8.78 Å². The van der Waals surface area contributed by atoms with Crippen LogP contribution in [0, 0.1) is 16.3 Å². The lowest BCUT2D eigenvalue weighted by Gasteiger charge is -2.02. The number of benzene rings is 1. The van der Waals surface area contributed by atoms with E-state index in [2.05, 4.69) is 9.97 Å². The summed E-state index contributed by atoms with van der Waals surface area (Å²) in [5.41, 5.74) is 0.480. The number of nitrogens with one attached hydrogen (secondary N) is 1. The minimum Gasteiger partial charge on any atom is -0.343 e. The first-order chi connectivity index (χ1) is 7.16. The van der Waals surface area contributed by atoms with Gasteiger partial charge >= 0.3 is 0 Å². The second kappa shape index (κ2) is 3.86. The zero-order chi connectivity index (χ0) is 10.8. The lowest BCUT2D eigenvalue weighted by molar-refractivity contribution is 0.602. The lowest BCUT2D eigenvalue weighted by Crippen LogP contribution is -1.90. The van der Waals surface area contributed by atoms with E-state index >= 15 is 0 Å². The molecule has 2 nitrogen and oxygen atoms in total. The molecule has 5 heteroatoms. The van der Waals surface area contributed by atoms with Gasteiger partial charge in [-0.2, -0.15) is 0 Å². The van der Waals surface area contributed by atoms with Crippen LogP contribution in [0.15, 0.2) is 30.6 Å². The molecule has 0 atom stereocenters. The predicted molar refractivity (Wildman–Crippen MR) is 54.8 cm³/mol. The molecule has 0 amide bonds. The fraction of sp³-hybridized carbons (Fsp3) is 0. The number of aromatic nitrogens is 2. The number of H-pyrrole nitrogens is 1. The van der Waals surface area contributed by atoms with Crippen LogP contribution in [0.3, 0.4) is 0 Å². The van der Waals surface area contributed by atoms with Crippen molar-refractivity contribution in [2.45, 2.75) is 0 Å². The fourth-order valence-corrected chi connectivity index (χ4v) is 1.39. The Bertz CT molecular complexity index is 551. The molecule has 0 fully saturated rings. The Hall–Kier alpha value is -1.62. The summed E-state index contributed by atoms with van der Waals surface area (Å²) >= 11 is 4.84. The molecule has 2 rings (SSSR count). The normalized spacial score (nSPS) is 10.3. The molecule has 76 valence electrons. The Balaban J connectivity index is 2.63. The van der Waals surface area contributed by atoms with Crippen LogP contribution in [0.1, 0.15) is 0 Å². The van der Waals surface area contributed by atoms with Crippen molar-refractivity contribution in [1.82, 2.24) is 9.97 Å². The molecule has 0 aliphatic carbocycles. The maximum atomic E-state index is 13.3. The topological polar surface area (TPSA) is 28.7 Å². The molecule has 0 saturated carbocycles. The molecule has 1 heterocycles. The van der Waals surface area contributed by atoms with Crippen LogP contribution in [-0.2, 0) is 0 Å². The number of hydrogen-bond acceptors (Lipinski definition) is 2. The average molecular weight is 224 g/mol. The van der Waals surface area contributed by atoms with Crippen LogP contribution in [0.2, 0.25) is 0 Å². The standard InChI is InChI=1S/C10H6F2N2S/c11-6-1-2-8(12)7(3-6)9-4-13-5-10(15)14-9/h1-5H,(H,14,15). The van der Waals surface area contributed by atoms with Gasteiger partial charge in [0.2, 0.25) is 0 Å². The van der Waals surface area contributed by atoms with Gasteiger partial charge in [-0.1, -0.05) is 12.2 Å². The van der Waals surface area contributed by atoms with E-state index in [1.807, 2.05) is 0 Å². The smallest absolute Gasteiger partial charge is 0.132 e. The second-order valence-electron chi connectivity index (χ2n) is 2.93. The first kappa shape index (κ1) is 9.92. The highest BCUT2D eigenvalue weighted by Gasteiger charge is 2.06. The van der Waals surface area contributed by atoms with Crippen molar-refractivity contribution >= 4 is 12.2 Å². The molecule has 0 aliphatic rings. The van der Waals surface area contributed by atoms with Gasteiger partial charge in [0.1, 0.15) is 16.3 Å². The molecule has 1 aromatic carbocycles. The van der Waals surface area contributed by atoms with Gasteiger partial charge in [0.15, 0.2) is 0 Å². The van der Waals surface area contributed by atoms with E-state index in [4.69, 9.17) is 12.2 Å². The van der Waals surface area contributed by atoms with Crippen molar-refractivity contribution in [3.05, 3.63) is 46.9 Å². The fourth-order valence-electron chi connectivity index (χ4n) is 1.22. The highest BCUT2D eigenvalue weighted by Crippen LogP contribution is 2.20. The first-order valence-corrected chi connectivity index (χ1v) is 4.57. The van der Waals surface area contributed by atoms with Crippen molar-refractivity contribution in [3.8, 4) is 11.3 Å². The van der Waals surface area contributed by atoms with E-state index in [1.54, 1.807) is 0 Å². The predicted octanol–water partition coefficient (Wildman–Crippen LogP) is 3.08. The molecule has 1 aromatic heterocycles. The summed E-state index contributed by atoms with van der Waals surface area (Å²) in [6, 6.07) is 3.22. The average Bonchev–Trinajstić information content (AvgIpc) is 2.22. The van der Waals surface area contributed by atoms with Crippen LogP contribution < -0.4 is 0 Å². The summed E-state index contributed by atoms with van der Waals surface area (Å²) in [6.45, 7) is 0. The number of rotatable bonds is 1. The largest absolute Gasteiger partial charge is 0.343 e. The number of aromatic amines is 1. The maximum absolute atomic E-state index is 13.3. The van der Waals surface area contributed by atoms with Crippen LogP contribution in [-0.4, -0.2) is 9.97 Å². The van der Waals surface area contributed by atoms with Crippen LogP contribution in [0.4, 0.5) is 8.78 Å². The molecule has 0 radical (unpaired) electrons. The van der Waals surface area contributed by atoms with E-state index in [0.29, 0.717) is 10.3 Å². The Kier molecular flexibility index (Phi) is 2.55. The summed E-state index contributed by atoms with van der Waals surface area (Å²) in [5.74, 6) is -1.02. The minimum atomic E-state index is -0.518. The van der Waals surface area contributed by atoms with E-state index in [0.717, 1.165) is 18.2 Å². The molecule has 0 unspecified atom stereocenters. The van der Waals surface area contributed by atoms with Gasteiger partial charge in [0.25, 0.3) is 0 Å². The summed E-state index contributed by atoms with van der Waals surface area (Å²) in [7, 11) is 0. The van der Waals surface area contributed by atoms with E-state index < -0.39 is 11.6 Å². The Labute approximate surface area is 89.6 Å². The Morgan fingerprint density at radius 2 is 2.00 bits per heavy atom. The quantitative estimate of drug-likeness (QED) is 0.754. The van der Waals surface area contributed by atoms with Crippen molar-refractivity contribution in [2.24, 2.45) is 0 Å². The van der Waals surface area contributed by atoms with Crippen LogP contribution in [0.25, 0.3) is 11.3 Å². The van der Waals surface area contributed by atoms with Crippen LogP contribution in [0.5, 0.6) is 0 Å². The van der Waals surface area contributed by atoms with Crippen molar-refractivity contribution in [3.63, 3.8) is 0 Å². The summed E-state index contributed by atoms with van der Waals surface area (Å²) in [5, 5.41) is 0. The molecule has 1 N–H and O–H groups in total. The van der Waals surface area contributed by atoms with Crippen molar-refractivity contribution < 1.29 is 8.78 Å². The van der Waals surface area contributed by atoms with E-state index in [1.165, 1.54) is 12.4 Å². The van der Waals surface area contributed by atoms with Gasteiger partial charge in [0.05, 0.1) is 18.1 Å². The monoisotopic (exact) mass is 224 g/mol. The zero-order valence-electron chi connectivity index (χ0n) is 7.50. The highest BCUT2D eigenvalue weighted by atomic mass is 32.1. The summed E-state index contributed by atoms with van der Waals surface area (Å²) < 4.78 is 26.6. The maximum Gasteiger partial charge on any atom is 0.132 e. The van der Waals surface area contributed by atoms with E-state index in [-0.39, 0.29) is 5.56 Å². The van der Waals surface area contributed by atoms with Gasteiger partial charge in [-0.3, -0.25) is 4.98 Å². The zero-order valence-corrected chi connectivity index (χ0v) is 8.31. The molecule has 0 spiro atoms. The van der Waals surface area contributed by atoms with Gasteiger partial charge < -0.3 is 4.98 Å². The number of hydrogen-bond donors (Lipinski definition) is 1. The molecule has 2 aromatic rings. The first-order valence-electron chi connectivity index (χ1n) is 4.16. The lowest BCUT2D eigenvalue weighted by atomic mass is 10.1. The molecule has 0 saturated heterocycles. The van der Waals surface area contributed by atoms with Gasteiger partial charge in [0, 0.05) is 5.56 Å². The summed E-state index contributed by atoms with van der Waals surface area (Å²) in [4.78, 5) is 6.54. The van der Waals surface area contributed by atoms with Gasteiger partial charge in [-0.25, -0.2) is 8.78 Å². The highest BCUT2D eigenvalue weighted by molar-refractivity contribution is 7.71. The SMILES string of the molecule is Fc1ccc(F)c(-c2cncc(=S)[nH]2)c1. The van der Waals surface area contributed by atoms with Crippen LogP contribution >= 0.6 is 12.2 Å². The third-order valence-corrected chi connectivity index (χ3v) is 2.08. The van der Waals surface area contributed by atoms with Crippen molar-refractivity contribution in [1.29, 1.82) is 0 Å². The molecular weight excluding hydrogens is 218 g/mol. The second-order valence-corrected chi connectivity index (χ2v) is 3.37. The molecule has 0 bridgehead atoms. The number of nitrogens with zero attached hydrogens (tertiary/aromatic N) is 1. The Morgan fingerprint density at radius 3 is 2.73 bits per heavy atom. The summed E-state index contributed by atoms with van der Waals surface area (Å²) in [6.07, 6.45) is 2.82. The van der Waals surface area contributed by atoms with Gasteiger partial charge in [-0.15, -0.1) is 0 Å².